The topological polar surface area (TPSA) is 36.0 Å². The second-order valence-electron chi connectivity index (χ2n) is 8.53. The van der Waals surface area contributed by atoms with Crippen molar-refractivity contribution in [3.05, 3.63) is 65.2 Å². The van der Waals surface area contributed by atoms with E-state index < -0.39 is 0 Å². The summed E-state index contributed by atoms with van der Waals surface area (Å²) < 4.78 is 4.79. The van der Waals surface area contributed by atoms with Gasteiger partial charge in [0.15, 0.2) is 0 Å². The number of ether oxygens (including phenoxy) is 1. The molecule has 0 aromatic heterocycles. The smallest absolute Gasteiger partial charge is 0.337 e. The minimum atomic E-state index is -0.274. The van der Waals surface area contributed by atoms with Gasteiger partial charge in [-0.25, -0.2) is 4.79 Å². The quantitative estimate of drug-likeness (QED) is 0.708. The molecule has 0 saturated carbocycles. The van der Waals surface area contributed by atoms with Gasteiger partial charge in [-0.3, -0.25) is 9.80 Å². The van der Waals surface area contributed by atoms with E-state index in [-0.39, 0.29) is 5.97 Å². The van der Waals surface area contributed by atoms with Gasteiger partial charge in [0.1, 0.15) is 0 Å². The van der Waals surface area contributed by atoms with Gasteiger partial charge in [-0.15, -0.1) is 0 Å². The van der Waals surface area contributed by atoms with Crippen molar-refractivity contribution in [3.63, 3.8) is 0 Å². The Kier molecular flexibility index (Phi) is 6.70. The Morgan fingerprint density at radius 1 is 1.00 bits per heavy atom. The lowest BCUT2D eigenvalue weighted by Gasteiger charge is -2.44. The van der Waals surface area contributed by atoms with E-state index in [9.17, 15) is 4.79 Å². The molecule has 2 fully saturated rings. The van der Waals surface area contributed by atoms with Crippen molar-refractivity contribution in [2.75, 3.05) is 51.3 Å². The molecule has 160 valence electrons. The van der Waals surface area contributed by atoms with Gasteiger partial charge in [0.2, 0.25) is 0 Å². The maximum absolute atomic E-state index is 11.6. The lowest BCUT2D eigenvalue weighted by molar-refractivity contribution is 0.0600. The number of esters is 1. The van der Waals surface area contributed by atoms with Crippen LogP contribution in [0.4, 0.5) is 5.69 Å². The van der Waals surface area contributed by atoms with E-state index in [1.807, 2.05) is 12.1 Å². The molecule has 0 N–H and O–H groups in total. The SMILES string of the molecule is COC(=O)c1ccc(CN2CCC[C@@H](N3CCN(c4ccccc4C)CC3)C2)cc1. The van der Waals surface area contributed by atoms with Crippen LogP contribution in [0.25, 0.3) is 0 Å². The number of carbonyl (C=O) groups excluding carboxylic acids is 1. The van der Waals surface area contributed by atoms with Crippen LogP contribution in [-0.4, -0.2) is 68.2 Å². The molecular formula is C25H33N3O2. The van der Waals surface area contributed by atoms with Crippen molar-refractivity contribution in [1.29, 1.82) is 0 Å². The monoisotopic (exact) mass is 407 g/mol. The second-order valence-corrected chi connectivity index (χ2v) is 8.53. The van der Waals surface area contributed by atoms with E-state index in [0.29, 0.717) is 11.6 Å². The van der Waals surface area contributed by atoms with Gasteiger partial charge >= 0.3 is 5.97 Å². The van der Waals surface area contributed by atoms with E-state index in [2.05, 4.69) is 58.0 Å². The summed E-state index contributed by atoms with van der Waals surface area (Å²) in [6.45, 7) is 9.93. The number of nitrogens with zero attached hydrogens (tertiary/aromatic N) is 3. The molecule has 2 aliphatic heterocycles. The Morgan fingerprint density at radius 3 is 2.43 bits per heavy atom. The lowest BCUT2D eigenvalue weighted by atomic mass is 10.0. The third-order valence-electron chi connectivity index (χ3n) is 6.55. The minimum Gasteiger partial charge on any atom is -0.465 e. The fourth-order valence-electron chi connectivity index (χ4n) is 4.84. The van der Waals surface area contributed by atoms with Crippen LogP contribution in [0.5, 0.6) is 0 Å². The molecule has 5 nitrogen and oxygen atoms in total. The Hall–Kier alpha value is -2.37. The van der Waals surface area contributed by atoms with Crippen LogP contribution < -0.4 is 4.90 Å². The van der Waals surface area contributed by atoms with E-state index in [1.165, 1.54) is 36.8 Å². The molecule has 0 bridgehead atoms. The van der Waals surface area contributed by atoms with Crippen LogP contribution in [0.3, 0.4) is 0 Å². The van der Waals surface area contributed by atoms with Crippen LogP contribution in [0, 0.1) is 6.92 Å². The Labute approximate surface area is 180 Å². The number of anilines is 1. The number of aryl methyl sites for hydroxylation is 1. The number of piperazine rings is 1. The van der Waals surface area contributed by atoms with Crippen molar-refractivity contribution >= 4 is 11.7 Å². The van der Waals surface area contributed by atoms with Crippen LogP contribution >= 0.6 is 0 Å². The average Bonchev–Trinajstić information content (AvgIpc) is 2.80. The van der Waals surface area contributed by atoms with Gasteiger partial charge in [0.05, 0.1) is 12.7 Å². The minimum absolute atomic E-state index is 0.274. The average molecular weight is 408 g/mol. The highest BCUT2D eigenvalue weighted by molar-refractivity contribution is 5.89. The fraction of sp³-hybridized carbons (Fsp3) is 0.480. The number of hydrogen-bond donors (Lipinski definition) is 0. The summed E-state index contributed by atoms with van der Waals surface area (Å²) in [5.41, 5.74) is 4.63. The van der Waals surface area contributed by atoms with E-state index in [0.717, 1.165) is 45.8 Å². The lowest BCUT2D eigenvalue weighted by Crippen LogP contribution is -2.55. The molecule has 4 rings (SSSR count). The van der Waals surface area contributed by atoms with Crippen molar-refractivity contribution in [1.82, 2.24) is 9.80 Å². The third-order valence-corrected chi connectivity index (χ3v) is 6.55. The van der Waals surface area contributed by atoms with Crippen LogP contribution in [0.2, 0.25) is 0 Å². The highest BCUT2D eigenvalue weighted by Crippen LogP contribution is 2.24. The Balaban J connectivity index is 1.30. The summed E-state index contributed by atoms with van der Waals surface area (Å²) in [5.74, 6) is -0.274. The summed E-state index contributed by atoms with van der Waals surface area (Å²) >= 11 is 0. The largest absolute Gasteiger partial charge is 0.465 e. The van der Waals surface area contributed by atoms with Gasteiger partial charge in [-0.05, 0) is 55.6 Å². The van der Waals surface area contributed by atoms with Gasteiger partial charge in [-0.1, -0.05) is 30.3 Å². The van der Waals surface area contributed by atoms with E-state index >= 15 is 0 Å². The van der Waals surface area contributed by atoms with Crippen molar-refractivity contribution in [2.45, 2.75) is 32.4 Å². The molecular weight excluding hydrogens is 374 g/mol. The molecule has 0 spiro atoms. The molecule has 2 heterocycles. The fourth-order valence-corrected chi connectivity index (χ4v) is 4.84. The predicted octanol–water partition coefficient (Wildman–Crippen LogP) is 3.57. The van der Waals surface area contributed by atoms with E-state index in [1.54, 1.807) is 0 Å². The van der Waals surface area contributed by atoms with Gasteiger partial charge in [-0.2, -0.15) is 0 Å². The van der Waals surface area contributed by atoms with Crippen LogP contribution in [-0.2, 0) is 11.3 Å². The molecule has 2 aromatic carbocycles. The number of hydrogen-bond acceptors (Lipinski definition) is 5. The molecule has 0 amide bonds. The van der Waals surface area contributed by atoms with Gasteiger partial charge < -0.3 is 9.64 Å². The van der Waals surface area contributed by atoms with Gasteiger partial charge in [0, 0.05) is 51.0 Å². The number of para-hydroxylation sites is 1. The summed E-state index contributed by atoms with van der Waals surface area (Å²) in [7, 11) is 1.42. The molecule has 5 heteroatoms. The first-order chi connectivity index (χ1) is 14.6. The predicted molar refractivity (Wildman–Crippen MR) is 121 cm³/mol. The Bertz CT molecular complexity index is 844. The molecule has 2 aliphatic rings. The number of likely N-dealkylation sites (tertiary alicyclic amines) is 1. The number of methoxy groups -OCH3 is 1. The van der Waals surface area contributed by atoms with Crippen LogP contribution in [0.15, 0.2) is 48.5 Å². The first-order valence-electron chi connectivity index (χ1n) is 11.1. The summed E-state index contributed by atoms with van der Waals surface area (Å²) in [5, 5.41) is 0. The first kappa shape index (κ1) is 20.9. The molecule has 0 aliphatic carbocycles. The number of rotatable bonds is 5. The summed E-state index contributed by atoms with van der Waals surface area (Å²) in [4.78, 5) is 19.4. The zero-order valence-electron chi connectivity index (χ0n) is 18.2. The molecule has 2 aromatic rings. The molecule has 30 heavy (non-hydrogen) atoms. The van der Waals surface area contributed by atoms with Crippen molar-refractivity contribution in [3.8, 4) is 0 Å². The summed E-state index contributed by atoms with van der Waals surface area (Å²) in [6.07, 6.45) is 2.55. The van der Waals surface area contributed by atoms with Crippen molar-refractivity contribution < 1.29 is 9.53 Å². The zero-order valence-corrected chi connectivity index (χ0v) is 18.2. The third kappa shape index (κ3) is 4.85. The highest BCUT2D eigenvalue weighted by atomic mass is 16.5. The van der Waals surface area contributed by atoms with E-state index in [4.69, 9.17) is 4.74 Å². The molecule has 0 radical (unpaired) electrons. The maximum atomic E-state index is 11.6. The first-order valence-corrected chi connectivity index (χ1v) is 11.1. The summed E-state index contributed by atoms with van der Waals surface area (Å²) in [6, 6.07) is 17.2. The Morgan fingerprint density at radius 2 is 1.73 bits per heavy atom. The molecule has 2 saturated heterocycles. The van der Waals surface area contributed by atoms with Crippen LogP contribution in [0.1, 0.15) is 34.3 Å². The molecule has 0 unspecified atom stereocenters. The van der Waals surface area contributed by atoms with Crippen molar-refractivity contribution in [2.24, 2.45) is 0 Å². The van der Waals surface area contributed by atoms with Gasteiger partial charge in [0.25, 0.3) is 0 Å². The molecule has 1 atom stereocenters. The number of carbonyl (C=O) groups is 1. The number of benzene rings is 2. The zero-order chi connectivity index (χ0) is 20.9. The standard InChI is InChI=1S/C25H33N3O2/c1-20-6-3-4-8-24(20)28-16-14-27(15-17-28)23-7-5-13-26(19-23)18-21-9-11-22(12-10-21)25(29)30-2/h3-4,6,8-12,23H,5,7,13-19H2,1-2H3/t23-/m1/s1. The number of piperidine rings is 1. The highest BCUT2D eigenvalue weighted by Gasteiger charge is 2.28. The maximum Gasteiger partial charge on any atom is 0.337 e. The second kappa shape index (κ2) is 9.63. The normalized spacial score (nSPS) is 20.9.